The summed E-state index contributed by atoms with van der Waals surface area (Å²) in [5.41, 5.74) is 1.41. The molecule has 3 aromatic rings. The normalized spacial score (nSPS) is 18.5. The van der Waals surface area contributed by atoms with Gasteiger partial charge in [-0.05, 0) is 71.7 Å². The molecule has 0 spiro atoms. The van der Waals surface area contributed by atoms with Gasteiger partial charge in [0.1, 0.15) is 18.1 Å². The first-order valence-corrected chi connectivity index (χ1v) is 10.4. The number of ether oxygens (including phenoxy) is 1. The number of carbonyl (C=O) groups is 1. The molecular formula is C25H22F3NO3. The number of carboxylic acids is 1. The molecule has 1 aliphatic rings. The minimum atomic E-state index is -4.46. The van der Waals surface area contributed by atoms with Gasteiger partial charge in [-0.3, -0.25) is 0 Å². The molecule has 4 rings (SSSR count). The van der Waals surface area contributed by atoms with E-state index in [0.717, 1.165) is 30.0 Å². The van der Waals surface area contributed by atoms with E-state index in [1.165, 1.54) is 24.4 Å². The van der Waals surface area contributed by atoms with E-state index >= 15 is 0 Å². The number of aromatic carboxylic acids is 1. The van der Waals surface area contributed by atoms with Gasteiger partial charge in [0, 0.05) is 6.20 Å². The van der Waals surface area contributed by atoms with Crippen LogP contribution in [0.4, 0.5) is 13.2 Å². The highest BCUT2D eigenvalue weighted by Crippen LogP contribution is 2.49. The van der Waals surface area contributed by atoms with E-state index in [-0.39, 0.29) is 24.1 Å². The average molecular weight is 441 g/mol. The van der Waals surface area contributed by atoms with E-state index in [1.54, 1.807) is 6.07 Å². The van der Waals surface area contributed by atoms with Gasteiger partial charge in [-0.15, -0.1) is 0 Å². The molecule has 32 heavy (non-hydrogen) atoms. The summed E-state index contributed by atoms with van der Waals surface area (Å²) in [4.78, 5) is 15.2. The Hall–Kier alpha value is -3.35. The number of nitrogens with zero attached hydrogens (tertiary/aromatic N) is 1. The fourth-order valence-electron chi connectivity index (χ4n) is 4.41. The van der Waals surface area contributed by atoms with Crippen LogP contribution in [0.2, 0.25) is 0 Å². The van der Waals surface area contributed by atoms with Crippen molar-refractivity contribution in [1.29, 1.82) is 0 Å². The molecule has 1 N–H and O–H groups in total. The lowest BCUT2D eigenvalue weighted by Gasteiger charge is -2.24. The van der Waals surface area contributed by atoms with E-state index in [2.05, 4.69) is 4.98 Å². The molecule has 1 heterocycles. The largest absolute Gasteiger partial charge is 0.489 e. The Balaban J connectivity index is 1.70. The third-order valence-corrected chi connectivity index (χ3v) is 5.92. The Kier molecular flexibility index (Phi) is 6.17. The maximum atomic E-state index is 13.5. The number of rotatable bonds is 6. The van der Waals surface area contributed by atoms with E-state index in [1.807, 2.05) is 30.3 Å². The number of alkyl halides is 3. The van der Waals surface area contributed by atoms with Gasteiger partial charge in [0.05, 0.1) is 5.56 Å². The highest BCUT2D eigenvalue weighted by molar-refractivity contribution is 5.85. The Morgan fingerprint density at radius 2 is 1.78 bits per heavy atom. The van der Waals surface area contributed by atoms with Gasteiger partial charge in [0.25, 0.3) is 0 Å². The maximum absolute atomic E-state index is 13.5. The molecule has 4 nitrogen and oxygen atoms in total. The summed E-state index contributed by atoms with van der Waals surface area (Å²) >= 11 is 0. The lowest BCUT2D eigenvalue weighted by Crippen LogP contribution is -2.12. The zero-order chi connectivity index (χ0) is 22.7. The molecule has 1 fully saturated rings. The summed E-state index contributed by atoms with van der Waals surface area (Å²) in [7, 11) is 0. The van der Waals surface area contributed by atoms with Crippen molar-refractivity contribution in [3.63, 3.8) is 0 Å². The van der Waals surface area contributed by atoms with E-state index in [0.29, 0.717) is 17.7 Å². The first-order valence-electron chi connectivity index (χ1n) is 10.4. The standard InChI is InChI=1S/C25H22F3NO3/c26-25(27,28)18-9-10-23(32-15-16-5-2-1-3-6-16)21(14-18)20-8-4-7-19(20)17-11-12-29-22(13-17)24(30)31/h1-3,5-6,9-14,19-20H,4,7-8,15H2,(H,30,31). The van der Waals surface area contributed by atoms with Gasteiger partial charge >= 0.3 is 12.1 Å². The molecule has 7 heteroatoms. The summed E-state index contributed by atoms with van der Waals surface area (Å²) in [5, 5.41) is 9.28. The predicted octanol–water partition coefficient (Wildman–Crippen LogP) is 6.43. The van der Waals surface area contributed by atoms with Gasteiger partial charge in [-0.25, -0.2) is 9.78 Å². The van der Waals surface area contributed by atoms with Crippen LogP contribution in [0.25, 0.3) is 0 Å². The molecule has 2 unspecified atom stereocenters. The number of pyridine rings is 1. The van der Waals surface area contributed by atoms with Crippen LogP contribution >= 0.6 is 0 Å². The van der Waals surface area contributed by atoms with Gasteiger partial charge in [0.15, 0.2) is 0 Å². The van der Waals surface area contributed by atoms with Crippen molar-refractivity contribution in [3.8, 4) is 5.75 Å². The van der Waals surface area contributed by atoms with Crippen molar-refractivity contribution in [1.82, 2.24) is 4.98 Å². The van der Waals surface area contributed by atoms with Crippen LogP contribution in [0.3, 0.4) is 0 Å². The highest BCUT2D eigenvalue weighted by Gasteiger charge is 2.36. The van der Waals surface area contributed by atoms with Crippen molar-refractivity contribution < 1.29 is 27.8 Å². The number of hydrogen-bond acceptors (Lipinski definition) is 3. The SMILES string of the molecule is O=C(O)c1cc(C2CCCC2c2cc(C(F)(F)F)ccc2OCc2ccccc2)ccn1. The van der Waals surface area contributed by atoms with Crippen LogP contribution < -0.4 is 4.74 Å². The molecular weight excluding hydrogens is 419 g/mol. The Morgan fingerprint density at radius 3 is 2.50 bits per heavy atom. The molecule has 2 aromatic carbocycles. The summed E-state index contributed by atoms with van der Waals surface area (Å²) in [6.45, 7) is 0.245. The molecule has 0 saturated heterocycles. The van der Waals surface area contributed by atoms with Gasteiger partial charge in [-0.1, -0.05) is 36.8 Å². The fraction of sp³-hybridized carbons (Fsp3) is 0.280. The van der Waals surface area contributed by atoms with Crippen LogP contribution in [0.1, 0.15) is 63.8 Å². The highest BCUT2D eigenvalue weighted by atomic mass is 19.4. The second-order valence-corrected chi connectivity index (χ2v) is 7.95. The molecule has 166 valence electrons. The van der Waals surface area contributed by atoms with Crippen molar-refractivity contribution in [2.24, 2.45) is 0 Å². The zero-order valence-corrected chi connectivity index (χ0v) is 17.2. The molecule has 0 radical (unpaired) electrons. The zero-order valence-electron chi connectivity index (χ0n) is 17.2. The lowest BCUT2D eigenvalue weighted by molar-refractivity contribution is -0.137. The predicted molar refractivity (Wildman–Crippen MR) is 113 cm³/mol. The van der Waals surface area contributed by atoms with Crippen molar-refractivity contribution >= 4 is 5.97 Å². The second-order valence-electron chi connectivity index (χ2n) is 7.95. The molecule has 1 aromatic heterocycles. The van der Waals surface area contributed by atoms with Gasteiger partial charge in [-0.2, -0.15) is 13.2 Å². The van der Waals surface area contributed by atoms with Crippen LogP contribution in [0.15, 0.2) is 66.9 Å². The minimum absolute atomic E-state index is 0.0715. The molecule has 0 bridgehead atoms. The van der Waals surface area contributed by atoms with Crippen LogP contribution in [-0.2, 0) is 12.8 Å². The first kappa shape index (κ1) is 21.9. The van der Waals surface area contributed by atoms with Crippen molar-refractivity contribution in [2.75, 3.05) is 0 Å². The summed E-state index contributed by atoms with van der Waals surface area (Å²) in [6.07, 6.45) is -0.754. The summed E-state index contributed by atoms with van der Waals surface area (Å²) in [6, 6.07) is 16.3. The summed E-state index contributed by atoms with van der Waals surface area (Å²) < 4.78 is 46.4. The molecule has 1 aliphatic carbocycles. The average Bonchev–Trinajstić information content (AvgIpc) is 3.27. The number of benzene rings is 2. The Labute approximate surface area is 183 Å². The smallest absolute Gasteiger partial charge is 0.416 e. The van der Waals surface area contributed by atoms with E-state index in [4.69, 9.17) is 4.74 Å². The Morgan fingerprint density at radius 1 is 1.03 bits per heavy atom. The van der Waals surface area contributed by atoms with Crippen molar-refractivity contribution in [3.05, 3.63) is 94.8 Å². The molecule has 1 saturated carbocycles. The number of carboxylic acid groups (broad SMARTS) is 1. The third-order valence-electron chi connectivity index (χ3n) is 5.92. The third kappa shape index (κ3) is 4.77. The monoisotopic (exact) mass is 441 g/mol. The number of aromatic nitrogens is 1. The van der Waals surface area contributed by atoms with Gasteiger partial charge < -0.3 is 9.84 Å². The van der Waals surface area contributed by atoms with Crippen LogP contribution in [0, 0.1) is 0 Å². The topological polar surface area (TPSA) is 59.4 Å². The lowest BCUT2D eigenvalue weighted by atomic mass is 9.83. The molecule has 2 atom stereocenters. The molecule has 0 aliphatic heterocycles. The Bertz CT molecular complexity index is 1100. The first-order chi connectivity index (χ1) is 15.3. The van der Waals surface area contributed by atoms with Crippen LogP contribution in [-0.4, -0.2) is 16.1 Å². The maximum Gasteiger partial charge on any atom is 0.416 e. The van der Waals surface area contributed by atoms with E-state index < -0.39 is 17.7 Å². The van der Waals surface area contributed by atoms with Crippen LogP contribution in [0.5, 0.6) is 5.75 Å². The minimum Gasteiger partial charge on any atom is -0.489 e. The summed E-state index contributed by atoms with van der Waals surface area (Å²) in [5.74, 6) is -1.04. The van der Waals surface area contributed by atoms with Gasteiger partial charge in [0.2, 0.25) is 0 Å². The van der Waals surface area contributed by atoms with E-state index in [9.17, 15) is 23.1 Å². The molecule has 0 amide bonds. The number of hydrogen-bond donors (Lipinski definition) is 1. The quantitative estimate of drug-likeness (QED) is 0.479. The fourth-order valence-corrected chi connectivity index (χ4v) is 4.41. The van der Waals surface area contributed by atoms with Crippen molar-refractivity contribution in [2.45, 2.75) is 43.9 Å². The number of halogens is 3. The second kappa shape index (κ2) is 9.02.